The van der Waals surface area contributed by atoms with Crippen molar-refractivity contribution in [1.29, 1.82) is 0 Å². The first kappa shape index (κ1) is 21.6. The molecular formula is C24H32FN3O4. The number of hydrogen-bond donors (Lipinski definition) is 1. The number of carbonyl (C=O) groups is 2. The second-order valence-corrected chi connectivity index (χ2v) is 9.82. The Kier molecular flexibility index (Phi) is 5.40. The van der Waals surface area contributed by atoms with Crippen LogP contribution in [0.4, 0.5) is 14.9 Å². The fourth-order valence-electron chi connectivity index (χ4n) is 5.78. The van der Waals surface area contributed by atoms with Gasteiger partial charge < -0.3 is 24.5 Å². The van der Waals surface area contributed by atoms with Crippen LogP contribution in [-0.4, -0.2) is 77.9 Å². The predicted molar refractivity (Wildman–Crippen MR) is 117 cm³/mol. The minimum absolute atomic E-state index is 0.227. The highest BCUT2D eigenvalue weighted by Crippen LogP contribution is 2.50. The molecule has 1 aliphatic carbocycles. The zero-order chi connectivity index (χ0) is 22.5. The number of benzene rings is 1. The lowest BCUT2D eigenvalue weighted by Crippen LogP contribution is -2.53. The van der Waals surface area contributed by atoms with Gasteiger partial charge in [-0.05, 0) is 82.3 Å². The van der Waals surface area contributed by atoms with E-state index in [1.165, 1.54) is 6.07 Å². The molecule has 1 saturated carbocycles. The SMILES string of the molecule is CCOC(=O)N1CCC(N2CCC3(CC2)CN(C(=O)C2(O)CC2)c2ccc(F)cc23)CC1. The molecule has 0 unspecified atom stereocenters. The largest absolute Gasteiger partial charge is 0.450 e. The molecule has 1 aromatic rings. The van der Waals surface area contributed by atoms with Crippen molar-refractivity contribution in [2.45, 2.75) is 62.5 Å². The molecule has 174 valence electrons. The fraction of sp³-hybridized carbons (Fsp3) is 0.667. The number of carbonyl (C=O) groups excluding carboxylic acids is 2. The lowest BCUT2D eigenvalue weighted by Gasteiger charge is -2.45. The molecule has 4 aliphatic rings. The third-order valence-corrected chi connectivity index (χ3v) is 7.91. The molecule has 32 heavy (non-hydrogen) atoms. The summed E-state index contributed by atoms with van der Waals surface area (Å²) in [6, 6.07) is 5.12. The van der Waals surface area contributed by atoms with Crippen molar-refractivity contribution in [3.63, 3.8) is 0 Å². The molecule has 0 aromatic heterocycles. The number of aliphatic hydroxyl groups is 1. The van der Waals surface area contributed by atoms with Gasteiger partial charge in [0, 0.05) is 36.8 Å². The highest BCUT2D eigenvalue weighted by Gasteiger charge is 2.55. The maximum atomic E-state index is 14.2. The van der Waals surface area contributed by atoms with E-state index in [1.54, 1.807) is 21.9 Å². The van der Waals surface area contributed by atoms with Gasteiger partial charge in [-0.2, -0.15) is 0 Å². The van der Waals surface area contributed by atoms with Gasteiger partial charge in [0.05, 0.1) is 6.61 Å². The van der Waals surface area contributed by atoms with E-state index in [-0.39, 0.29) is 23.2 Å². The normalized spacial score (nSPS) is 24.5. The minimum Gasteiger partial charge on any atom is -0.450 e. The van der Waals surface area contributed by atoms with Crippen LogP contribution >= 0.6 is 0 Å². The standard InChI is InChI=1S/C24H32FN3O4/c1-2-32-22(30)27-11-5-18(6-12-27)26-13-9-23(10-14-26)16-28(21(29)24(31)7-8-24)20-4-3-17(25)15-19(20)23/h3-4,15,18,31H,2,5-14,16H2,1H3. The summed E-state index contributed by atoms with van der Waals surface area (Å²) in [6.45, 7) is 5.91. The maximum Gasteiger partial charge on any atom is 0.409 e. The number of piperidine rings is 2. The van der Waals surface area contributed by atoms with Gasteiger partial charge in [-0.15, -0.1) is 0 Å². The van der Waals surface area contributed by atoms with Gasteiger partial charge in [-0.25, -0.2) is 9.18 Å². The van der Waals surface area contributed by atoms with Crippen LogP contribution < -0.4 is 4.90 Å². The van der Waals surface area contributed by atoms with Crippen molar-refractivity contribution in [2.24, 2.45) is 0 Å². The summed E-state index contributed by atoms with van der Waals surface area (Å²) in [5, 5.41) is 10.4. The zero-order valence-electron chi connectivity index (χ0n) is 18.7. The Morgan fingerprint density at radius 3 is 2.44 bits per heavy atom. The molecule has 3 fully saturated rings. The molecular weight excluding hydrogens is 413 g/mol. The molecule has 0 atom stereocenters. The summed E-state index contributed by atoms with van der Waals surface area (Å²) in [4.78, 5) is 30.9. The summed E-state index contributed by atoms with van der Waals surface area (Å²) >= 11 is 0. The summed E-state index contributed by atoms with van der Waals surface area (Å²) < 4.78 is 19.3. The molecule has 3 heterocycles. The van der Waals surface area contributed by atoms with Gasteiger partial charge >= 0.3 is 6.09 Å². The van der Waals surface area contributed by atoms with E-state index in [0.717, 1.165) is 50.0 Å². The number of halogens is 1. The number of fused-ring (bicyclic) bond motifs is 2. The number of hydrogen-bond acceptors (Lipinski definition) is 5. The summed E-state index contributed by atoms with van der Waals surface area (Å²) in [6.07, 6.45) is 4.33. The predicted octanol–water partition coefficient (Wildman–Crippen LogP) is 2.65. The van der Waals surface area contributed by atoms with Gasteiger partial charge in [0.15, 0.2) is 0 Å². The number of anilines is 1. The lowest BCUT2D eigenvalue weighted by atomic mass is 9.74. The van der Waals surface area contributed by atoms with E-state index >= 15 is 0 Å². The highest BCUT2D eigenvalue weighted by molar-refractivity contribution is 6.03. The number of likely N-dealkylation sites (tertiary alicyclic amines) is 2. The molecule has 0 radical (unpaired) electrons. The maximum absolute atomic E-state index is 14.2. The average Bonchev–Trinajstić information content (AvgIpc) is 3.49. The number of nitrogens with zero attached hydrogens (tertiary/aromatic N) is 3. The quantitative estimate of drug-likeness (QED) is 0.775. The monoisotopic (exact) mass is 445 g/mol. The molecule has 8 heteroatoms. The Morgan fingerprint density at radius 2 is 1.81 bits per heavy atom. The Bertz CT molecular complexity index is 903. The summed E-state index contributed by atoms with van der Waals surface area (Å²) in [5.74, 6) is -0.521. The molecule has 2 amide bonds. The third-order valence-electron chi connectivity index (χ3n) is 7.91. The van der Waals surface area contributed by atoms with Gasteiger partial charge in [0.2, 0.25) is 0 Å². The molecule has 1 N–H and O–H groups in total. The van der Waals surface area contributed by atoms with Crippen molar-refractivity contribution < 1.29 is 23.8 Å². The topological polar surface area (TPSA) is 73.3 Å². The van der Waals surface area contributed by atoms with Crippen molar-refractivity contribution in [3.05, 3.63) is 29.6 Å². The summed E-state index contributed by atoms with van der Waals surface area (Å²) in [5.41, 5.74) is 0.172. The molecule has 5 rings (SSSR count). The molecule has 1 spiro atoms. The zero-order valence-corrected chi connectivity index (χ0v) is 18.7. The average molecular weight is 446 g/mol. The molecule has 0 bridgehead atoms. The van der Waals surface area contributed by atoms with Crippen molar-refractivity contribution in [1.82, 2.24) is 9.80 Å². The number of rotatable bonds is 3. The third kappa shape index (κ3) is 3.67. The van der Waals surface area contributed by atoms with Crippen LogP contribution in [0.1, 0.15) is 51.0 Å². The smallest absolute Gasteiger partial charge is 0.409 e. The fourth-order valence-corrected chi connectivity index (χ4v) is 5.78. The van der Waals surface area contributed by atoms with E-state index < -0.39 is 5.60 Å². The number of ether oxygens (including phenoxy) is 1. The highest BCUT2D eigenvalue weighted by atomic mass is 19.1. The van der Waals surface area contributed by atoms with E-state index in [2.05, 4.69) is 4.90 Å². The van der Waals surface area contributed by atoms with E-state index in [4.69, 9.17) is 4.74 Å². The first-order valence-corrected chi connectivity index (χ1v) is 11.9. The van der Waals surface area contributed by atoms with E-state index in [9.17, 15) is 19.1 Å². The van der Waals surface area contributed by atoms with Crippen LogP contribution in [0.3, 0.4) is 0 Å². The molecule has 3 aliphatic heterocycles. The van der Waals surface area contributed by atoms with Crippen molar-refractivity contribution in [3.8, 4) is 0 Å². The van der Waals surface area contributed by atoms with Crippen molar-refractivity contribution >= 4 is 17.7 Å². The van der Waals surface area contributed by atoms with Crippen LogP contribution in [0, 0.1) is 5.82 Å². The van der Waals surface area contributed by atoms with E-state index in [0.29, 0.717) is 45.1 Å². The summed E-state index contributed by atoms with van der Waals surface area (Å²) in [7, 11) is 0. The lowest BCUT2D eigenvalue weighted by molar-refractivity contribution is -0.128. The van der Waals surface area contributed by atoms with Gasteiger partial charge in [-0.3, -0.25) is 4.79 Å². The van der Waals surface area contributed by atoms with Gasteiger partial charge in [0.1, 0.15) is 11.4 Å². The van der Waals surface area contributed by atoms with Crippen LogP contribution in [0.15, 0.2) is 18.2 Å². The molecule has 7 nitrogen and oxygen atoms in total. The van der Waals surface area contributed by atoms with Crippen LogP contribution in [0.5, 0.6) is 0 Å². The van der Waals surface area contributed by atoms with E-state index in [1.807, 2.05) is 6.92 Å². The Hall–Kier alpha value is -2.19. The van der Waals surface area contributed by atoms with Gasteiger partial charge in [0.25, 0.3) is 5.91 Å². The first-order chi connectivity index (χ1) is 15.3. The molecule has 1 aromatic carbocycles. The van der Waals surface area contributed by atoms with Crippen LogP contribution in [0.2, 0.25) is 0 Å². The Labute approximate surface area is 188 Å². The second kappa shape index (κ2) is 7.99. The van der Waals surface area contributed by atoms with Gasteiger partial charge in [-0.1, -0.05) is 0 Å². The second-order valence-electron chi connectivity index (χ2n) is 9.82. The first-order valence-electron chi connectivity index (χ1n) is 11.9. The Balaban J connectivity index is 1.27. The van der Waals surface area contributed by atoms with Crippen LogP contribution in [-0.2, 0) is 14.9 Å². The molecule has 2 saturated heterocycles. The Morgan fingerprint density at radius 1 is 1.12 bits per heavy atom. The minimum atomic E-state index is -1.23. The van der Waals surface area contributed by atoms with Crippen LogP contribution in [0.25, 0.3) is 0 Å². The number of amides is 2. The van der Waals surface area contributed by atoms with Crippen molar-refractivity contribution in [2.75, 3.05) is 44.2 Å².